The Morgan fingerprint density at radius 3 is 2.20 bits per heavy atom. The van der Waals surface area contributed by atoms with Crippen molar-refractivity contribution >= 4 is 0 Å². The van der Waals surface area contributed by atoms with Crippen molar-refractivity contribution in [3.05, 3.63) is 24.3 Å². The quantitative estimate of drug-likeness (QED) is 0.245. The van der Waals surface area contributed by atoms with Crippen LogP contribution in [0, 0.1) is 11.8 Å². The van der Waals surface area contributed by atoms with E-state index in [2.05, 4.69) is 40.3 Å². The van der Waals surface area contributed by atoms with Crippen molar-refractivity contribution in [2.24, 2.45) is 11.8 Å². The molecule has 0 aromatic heterocycles. The first-order valence-corrected chi connectivity index (χ1v) is 8.93. The third-order valence-electron chi connectivity index (χ3n) is 4.66. The fourth-order valence-corrected chi connectivity index (χ4v) is 2.77. The summed E-state index contributed by atoms with van der Waals surface area (Å²) in [6.45, 7) is 13.0. The highest BCUT2D eigenvalue weighted by atomic mass is 14.1. The maximum Gasteiger partial charge on any atom is -0.0345 e. The van der Waals surface area contributed by atoms with Gasteiger partial charge in [-0.05, 0) is 31.6 Å². The van der Waals surface area contributed by atoms with Gasteiger partial charge < -0.3 is 0 Å². The summed E-state index contributed by atoms with van der Waals surface area (Å²) < 4.78 is 0. The maximum atomic E-state index is 3.78. The van der Waals surface area contributed by atoms with Gasteiger partial charge in [-0.25, -0.2) is 0 Å². The Bertz CT molecular complexity index is 245. The number of rotatable bonds is 13. The van der Waals surface area contributed by atoms with E-state index in [1.165, 1.54) is 69.8 Å². The monoisotopic (exact) mass is 278 g/mol. The van der Waals surface area contributed by atoms with Gasteiger partial charge in [0, 0.05) is 0 Å². The zero-order valence-electron chi connectivity index (χ0n) is 14.6. The summed E-state index contributed by atoms with van der Waals surface area (Å²) in [6.07, 6.45) is 18.1. The van der Waals surface area contributed by atoms with Crippen molar-refractivity contribution in [2.45, 2.75) is 91.9 Å². The number of allylic oxidation sites excluding steroid dienone is 3. The zero-order valence-corrected chi connectivity index (χ0v) is 14.6. The first-order valence-electron chi connectivity index (χ1n) is 8.93. The van der Waals surface area contributed by atoms with E-state index < -0.39 is 0 Å². The number of hydrogen-bond acceptors (Lipinski definition) is 0. The van der Waals surface area contributed by atoms with Crippen LogP contribution in [0.2, 0.25) is 0 Å². The molecular weight excluding hydrogens is 240 g/mol. The highest BCUT2D eigenvalue weighted by Crippen LogP contribution is 2.22. The van der Waals surface area contributed by atoms with Gasteiger partial charge in [-0.15, -0.1) is 0 Å². The predicted octanol–water partition coefficient (Wildman–Crippen LogP) is 7.31. The van der Waals surface area contributed by atoms with Gasteiger partial charge in [0.1, 0.15) is 0 Å². The van der Waals surface area contributed by atoms with E-state index >= 15 is 0 Å². The molecule has 0 heterocycles. The molecular formula is C20H38. The Labute approximate surface area is 128 Å². The zero-order chi connectivity index (χ0) is 15.2. The summed E-state index contributed by atoms with van der Waals surface area (Å²) in [5.41, 5.74) is 1.32. The summed E-state index contributed by atoms with van der Waals surface area (Å²) >= 11 is 0. The molecule has 0 N–H and O–H groups in total. The number of hydrogen-bond donors (Lipinski definition) is 0. The Kier molecular flexibility index (Phi) is 13.1. The molecule has 0 aromatic carbocycles. The predicted molar refractivity (Wildman–Crippen MR) is 94.1 cm³/mol. The van der Waals surface area contributed by atoms with Crippen molar-refractivity contribution in [1.29, 1.82) is 0 Å². The molecule has 118 valence electrons. The van der Waals surface area contributed by atoms with E-state index in [0.29, 0.717) is 0 Å². The lowest BCUT2D eigenvalue weighted by Gasteiger charge is -2.16. The average Bonchev–Trinajstić information content (AvgIpc) is 2.46. The molecule has 1 unspecified atom stereocenters. The minimum Gasteiger partial charge on any atom is -0.0988 e. The Balaban J connectivity index is 3.43. The summed E-state index contributed by atoms with van der Waals surface area (Å²) in [7, 11) is 0. The normalized spacial score (nSPS) is 13.8. The maximum absolute atomic E-state index is 3.78. The molecule has 0 bridgehead atoms. The van der Waals surface area contributed by atoms with Crippen LogP contribution in [0.5, 0.6) is 0 Å². The van der Waals surface area contributed by atoms with E-state index in [0.717, 1.165) is 11.8 Å². The minimum atomic E-state index is 0.929. The molecule has 0 rings (SSSR count). The second kappa shape index (κ2) is 13.5. The van der Waals surface area contributed by atoms with Crippen LogP contribution in [-0.4, -0.2) is 0 Å². The molecule has 0 saturated carbocycles. The van der Waals surface area contributed by atoms with Crippen LogP contribution in [-0.2, 0) is 0 Å². The Hall–Kier alpha value is -0.520. The molecule has 0 saturated heterocycles. The smallest absolute Gasteiger partial charge is 0.0345 e. The van der Waals surface area contributed by atoms with E-state index in [-0.39, 0.29) is 0 Å². The van der Waals surface area contributed by atoms with E-state index in [1.807, 2.05) is 6.08 Å². The van der Waals surface area contributed by atoms with Gasteiger partial charge in [0.05, 0.1) is 0 Å². The van der Waals surface area contributed by atoms with Gasteiger partial charge in [0.25, 0.3) is 0 Å². The van der Waals surface area contributed by atoms with Crippen LogP contribution in [0.15, 0.2) is 24.3 Å². The molecule has 0 aromatic rings. The van der Waals surface area contributed by atoms with Crippen LogP contribution in [0.25, 0.3) is 0 Å². The van der Waals surface area contributed by atoms with E-state index in [9.17, 15) is 0 Å². The Morgan fingerprint density at radius 2 is 1.60 bits per heavy atom. The molecule has 0 heteroatoms. The van der Waals surface area contributed by atoms with Crippen molar-refractivity contribution in [1.82, 2.24) is 0 Å². The SMILES string of the molecule is C=CC(C)=CCCCCCCC(C)CCC(CC)CC. The van der Waals surface area contributed by atoms with E-state index in [1.54, 1.807) is 0 Å². The third-order valence-corrected chi connectivity index (χ3v) is 4.66. The first kappa shape index (κ1) is 19.5. The molecule has 0 nitrogen and oxygen atoms in total. The standard InChI is InChI=1S/C20H38/c1-6-18(4)14-12-10-9-11-13-15-19(5)16-17-20(7-2)8-3/h6,14,19-20H,1,7-13,15-17H2,2-5H3. The molecule has 0 aliphatic rings. The van der Waals surface area contributed by atoms with E-state index in [4.69, 9.17) is 0 Å². The molecule has 0 aliphatic carbocycles. The van der Waals surface area contributed by atoms with Crippen LogP contribution >= 0.6 is 0 Å². The molecule has 0 aliphatic heterocycles. The highest BCUT2D eigenvalue weighted by Gasteiger charge is 2.07. The lowest BCUT2D eigenvalue weighted by atomic mass is 9.90. The van der Waals surface area contributed by atoms with Crippen LogP contribution in [0.1, 0.15) is 91.9 Å². The lowest BCUT2D eigenvalue weighted by Crippen LogP contribution is -2.02. The van der Waals surface area contributed by atoms with Crippen molar-refractivity contribution in [3.8, 4) is 0 Å². The largest absolute Gasteiger partial charge is 0.0988 e. The second-order valence-electron chi connectivity index (χ2n) is 6.51. The van der Waals surface area contributed by atoms with Crippen LogP contribution in [0.4, 0.5) is 0 Å². The fourth-order valence-electron chi connectivity index (χ4n) is 2.77. The summed E-state index contributed by atoms with van der Waals surface area (Å²) in [4.78, 5) is 0. The number of unbranched alkanes of at least 4 members (excludes halogenated alkanes) is 4. The summed E-state index contributed by atoms with van der Waals surface area (Å²) in [5.74, 6) is 1.90. The third kappa shape index (κ3) is 11.3. The summed E-state index contributed by atoms with van der Waals surface area (Å²) in [6, 6.07) is 0. The minimum absolute atomic E-state index is 0.929. The average molecular weight is 279 g/mol. The van der Waals surface area contributed by atoms with Crippen LogP contribution < -0.4 is 0 Å². The highest BCUT2D eigenvalue weighted by molar-refractivity contribution is 5.12. The van der Waals surface area contributed by atoms with Gasteiger partial charge in [0.2, 0.25) is 0 Å². The van der Waals surface area contributed by atoms with Gasteiger partial charge >= 0.3 is 0 Å². The topological polar surface area (TPSA) is 0 Å². The van der Waals surface area contributed by atoms with Crippen LogP contribution in [0.3, 0.4) is 0 Å². The van der Waals surface area contributed by atoms with Gasteiger partial charge in [-0.2, -0.15) is 0 Å². The molecule has 0 amide bonds. The van der Waals surface area contributed by atoms with Crippen molar-refractivity contribution in [2.75, 3.05) is 0 Å². The van der Waals surface area contributed by atoms with Gasteiger partial charge in [0.15, 0.2) is 0 Å². The molecule has 20 heavy (non-hydrogen) atoms. The lowest BCUT2D eigenvalue weighted by molar-refractivity contribution is 0.370. The molecule has 0 spiro atoms. The second-order valence-corrected chi connectivity index (χ2v) is 6.51. The molecule has 1 atom stereocenters. The van der Waals surface area contributed by atoms with Gasteiger partial charge in [-0.3, -0.25) is 0 Å². The first-order chi connectivity index (χ1) is 9.63. The summed E-state index contributed by atoms with van der Waals surface area (Å²) in [5, 5.41) is 0. The van der Waals surface area contributed by atoms with Crippen molar-refractivity contribution < 1.29 is 0 Å². The van der Waals surface area contributed by atoms with Crippen molar-refractivity contribution in [3.63, 3.8) is 0 Å². The Morgan fingerprint density at radius 1 is 0.950 bits per heavy atom. The molecule has 0 fully saturated rings. The van der Waals surface area contributed by atoms with Gasteiger partial charge in [-0.1, -0.05) is 96.4 Å². The molecule has 0 radical (unpaired) electrons. The fraction of sp³-hybridized carbons (Fsp3) is 0.800.